The molecule has 4 heteroatoms. The van der Waals surface area contributed by atoms with Gasteiger partial charge in [0.25, 0.3) is 5.91 Å². The largest absolute Gasteiger partial charge is 0.507 e. The molecule has 1 rings (SSSR count). The van der Waals surface area contributed by atoms with Crippen LogP contribution in [0.1, 0.15) is 22.8 Å². The van der Waals surface area contributed by atoms with E-state index in [4.69, 9.17) is 0 Å². The normalized spacial score (nSPS) is 10.1. The molecule has 88 valence electrons. The minimum absolute atomic E-state index is 0.0200. The Morgan fingerprint density at radius 2 is 2.12 bits per heavy atom. The molecule has 0 aromatic heterocycles. The molecule has 0 spiro atoms. The maximum Gasteiger partial charge on any atom is 0.255 e. The number of nitrogens with one attached hydrogen (secondary N) is 2. The second-order valence-electron chi connectivity index (χ2n) is 3.63. The highest BCUT2D eigenvalue weighted by Crippen LogP contribution is 2.17. The zero-order chi connectivity index (χ0) is 12.0. The Hall–Kier alpha value is -1.55. The van der Waals surface area contributed by atoms with E-state index in [0.717, 1.165) is 18.7 Å². The van der Waals surface area contributed by atoms with Crippen molar-refractivity contribution in [2.45, 2.75) is 13.8 Å². The van der Waals surface area contributed by atoms with Crippen molar-refractivity contribution in [3.63, 3.8) is 0 Å². The number of phenolic OH excluding ortho intramolecular Hbond substituents is 1. The van der Waals surface area contributed by atoms with E-state index in [9.17, 15) is 9.90 Å². The molecule has 0 aliphatic heterocycles. The summed E-state index contributed by atoms with van der Waals surface area (Å²) in [6.45, 7) is 6.06. The van der Waals surface area contributed by atoms with Gasteiger partial charge in [-0.15, -0.1) is 0 Å². The molecule has 0 heterocycles. The number of carbonyl (C=O) groups is 1. The smallest absolute Gasteiger partial charge is 0.255 e. The molecule has 0 aliphatic rings. The minimum atomic E-state index is -0.237. The average molecular weight is 222 g/mol. The van der Waals surface area contributed by atoms with Crippen molar-refractivity contribution < 1.29 is 9.90 Å². The monoisotopic (exact) mass is 222 g/mol. The van der Waals surface area contributed by atoms with Gasteiger partial charge in [0.1, 0.15) is 5.75 Å². The van der Waals surface area contributed by atoms with Gasteiger partial charge < -0.3 is 15.7 Å². The zero-order valence-corrected chi connectivity index (χ0v) is 9.71. The van der Waals surface area contributed by atoms with Crippen LogP contribution in [0.3, 0.4) is 0 Å². The SMILES string of the molecule is CCNCCNC(=O)c1cc(C)ccc1O. The van der Waals surface area contributed by atoms with Crippen LogP contribution in [-0.2, 0) is 0 Å². The Morgan fingerprint density at radius 1 is 1.38 bits per heavy atom. The second kappa shape index (κ2) is 6.12. The lowest BCUT2D eigenvalue weighted by atomic mass is 10.1. The first-order valence-corrected chi connectivity index (χ1v) is 5.43. The van der Waals surface area contributed by atoms with E-state index in [1.54, 1.807) is 12.1 Å². The highest BCUT2D eigenvalue weighted by molar-refractivity contribution is 5.96. The second-order valence-corrected chi connectivity index (χ2v) is 3.63. The lowest BCUT2D eigenvalue weighted by Crippen LogP contribution is -2.31. The molecule has 1 amide bonds. The first-order chi connectivity index (χ1) is 7.65. The summed E-state index contributed by atoms with van der Waals surface area (Å²) in [6, 6.07) is 4.98. The fourth-order valence-corrected chi connectivity index (χ4v) is 1.37. The molecule has 0 aliphatic carbocycles. The number of rotatable bonds is 5. The highest BCUT2D eigenvalue weighted by Gasteiger charge is 2.09. The number of aromatic hydroxyl groups is 1. The Labute approximate surface area is 95.7 Å². The first kappa shape index (κ1) is 12.5. The van der Waals surface area contributed by atoms with E-state index in [1.165, 1.54) is 6.07 Å². The third-order valence-electron chi connectivity index (χ3n) is 2.23. The Kier molecular flexibility index (Phi) is 4.79. The van der Waals surface area contributed by atoms with Gasteiger partial charge in [-0.2, -0.15) is 0 Å². The molecule has 4 nitrogen and oxygen atoms in total. The van der Waals surface area contributed by atoms with Gasteiger partial charge in [0.05, 0.1) is 5.56 Å². The number of benzene rings is 1. The fourth-order valence-electron chi connectivity index (χ4n) is 1.37. The topological polar surface area (TPSA) is 61.4 Å². The lowest BCUT2D eigenvalue weighted by Gasteiger charge is -2.07. The molecule has 0 bridgehead atoms. The number of hydrogen-bond donors (Lipinski definition) is 3. The molecule has 16 heavy (non-hydrogen) atoms. The lowest BCUT2D eigenvalue weighted by molar-refractivity contribution is 0.0951. The number of hydrogen-bond acceptors (Lipinski definition) is 3. The average Bonchev–Trinajstić information content (AvgIpc) is 2.27. The molecule has 0 unspecified atom stereocenters. The van der Waals surface area contributed by atoms with Crippen LogP contribution in [0.5, 0.6) is 5.75 Å². The first-order valence-electron chi connectivity index (χ1n) is 5.43. The van der Waals surface area contributed by atoms with Crippen LogP contribution in [0.4, 0.5) is 0 Å². The van der Waals surface area contributed by atoms with Crippen molar-refractivity contribution in [3.05, 3.63) is 29.3 Å². The summed E-state index contributed by atoms with van der Waals surface area (Å²) in [5.41, 5.74) is 1.28. The van der Waals surface area contributed by atoms with E-state index in [2.05, 4.69) is 10.6 Å². The summed E-state index contributed by atoms with van der Waals surface area (Å²) in [6.07, 6.45) is 0. The van der Waals surface area contributed by atoms with E-state index < -0.39 is 0 Å². The van der Waals surface area contributed by atoms with Crippen molar-refractivity contribution in [2.75, 3.05) is 19.6 Å². The van der Waals surface area contributed by atoms with Crippen molar-refractivity contribution in [3.8, 4) is 5.75 Å². The molecule has 0 saturated heterocycles. The van der Waals surface area contributed by atoms with Crippen molar-refractivity contribution >= 4 is 5.91 Å². The van der Waals surface area contributed by atoms with E-state index in [0.29, 0.717) is 12.1 Å². The van der Waals surface area contributed by atoms with Gasteiger partial charge in [-0.25, -0.2) is 0 Å². The summed E-state index contributed by atoms with van der Waals surface area (Å²) >= 11 is 0. The van der Waals surface area contributed by atoms with Crippen LogP contribution in [-0.4, -0.2) is 30.6 Å². The van der Waals surface area contributed by atoms with Crippen molar-refractivity contribution in [1.29, 1.82) is 0 Å². The number of carbonyl (C=O) groups excluding carboxylic acids is 1. The van der Waals surface area contributed by atoms with Gasteiger partial charge in [0.15, 0.2) is 0 Å². The molecular weight excluding hydrogens is 204 g/mol. The Bertz CT molecular complexity index is 364. The summed E-state index contributed by atoms with van der Waals surface area (Å²) in [5.74, 6) is -0.217. The highest BCUT2D eigenvalue weighted by atomic mass is 16.3. The van der Waals surface area contributed by atoms with Crippen LogP contribution in [0.2, 0.25) is 0 Å². The predicted octanol–water partition coefficient (Wildman–Crippen LogP) is 1.04. The van der Waals surface area contributed by atoms with Crippen LogP contribution in [0.25, 0.3) is 0 Å². The quantitative estimate of drug-likeness (QED) is 0.652. The standard InChI is InChI=1S/C12H18N2O2/c1-3-13-6-7-14-12(16)10-8-9(2)4-5-11(10)15/h4-5,8,13,15H,3,6-7H2,1-2H3,(H,14,16). The molecule has 0 saturated carbocycles. The summed E-state index contributed by atoms with van der Waals surface area (Å²) in [4.78, 5) is 11.7. The third-order valence-corrected chi connectivity index (χ3v) is 2.23. The van der Waals surface area contributed by atoms with Gasteiger partial charge in [-0.3, -0.25) is 4.79 Å². The molecule has 1 aromatic rings. The van der Waals surface area contributed by atoms with Crippen LogP contribution in [0.15, 0.2) is 18.2 Å². The van der Waals surface area contributed by atoms with Crippen LogP contribution in [0, 0.1) is 6.92 Å². The van der Waals surface area contributed by atoms with Crippen molar-refractivity contribution in [1.82, 2.24) is 10.6 Å². The number of likely N-dealkylation sites (N-methyl/N-ethyl adjacent to an activating group) is 1. The summed E-state index contributed by atoms with van der Waals surface area (Å²) in [7, 11) is 0. The maximum atomic E-state index is 11.7. The minimum Gasteiger partial charge on any atom is -0.507 e. The Balaban J connectivity index is 2.55. The predicted molar refractivity (Wildman–Crippen MR) is 63.7 cm³/mol. The van der Waals surface area contributed by atoms with Gasteiger partial charge in [-0.1, -0.05) is 18.6 Å². The van der Waals surface area contributed by atoms with Crippen LogP contribution >= 0.6 is 0 Å². The van der Waals surface area contributed by atoms with Crippen LogP contribution < -0.4 is 10.6 Å². The zero-order valence-electron chi connectivity index (χ0n) is 9.71. The van der Waals surface area contributed by atoms with E-state index in [-0.39, 0.29) is 11.7 Å². The molecule has 3 N–H and O–H groups in total. The maximum absolute atomic E-state index is 11.7. The number of amides is 1. The summed E-state index contributed by atoms with van der Waals surface area (Å²) < 4.78 is 0. The van der Waals surface area contributed by atoms with Crippen molar-refractivity contribution in [2.24, 2.45) is 0 Å². The third kappa shape index (κ3) is 3.55. The van der Waals surface area contributed by atoms with Gasteiger partial charge in [0.2, 0.25) is 0 Å². The van der Waals surface area contributed by atoms with E-state index >= 15 is 0 Å². The molecule has 0 fully saturated rings. The molecular formula is C12H18N2O2. The molecule has 0 atom stereocenters. The number of aryl methyl sites for hydroxylation is 1. The fraction of sp³-hybridized carbons (Fsp3) is 0.417. The number of phenols is 1. The van der Waals surface area contributed by atoms with Gasteiger partial charge in [-0.05, 0) is 25.6 Å². The van der Waals surface area contributed by atoms with Gasteiger partial charge in [0, 0.05) is 13.1 Å². The molecule has 0 radical (unpaired) electrons. The van der Waals surface area contributed by atoms with Gasteiger partial charge >= 0.3 is 0 Å². The Morgan fingerprint density at radius 3 is 2.81 bits per heavy atom. The summed E-state index contributed by atoms with van der Waals surface area (Å²) in [5, 5.41) is 15.4. The van der Waals surface area contributed by atoms with E-state index in [1.807, 2.05) is 13.8 Å². The molecule has 1 aromatic carbocycles.